The molecule has 1 aliphatic heterocycles. The highest BCUT2D eigenvalue weighted by molar-refractivity contribution is 5.94. The smallest absolute Gasteiger partial charge is 0.253 e. The number of hydrogen-bond acceptors (Lipinski definition) is 4. The summed E-state index contributed by atoms with van der Waals surface area (Å²) in [4.78, 5) is 19.0. The molecule has 2 fully saturated rings. The number of piperidine rings is 1. The molecular formula is C19H23N3O2. The first-order valence-electron chi connectivity index (χ1n) is 9.04. The van der Waals surface area contributed by atoms with E-state index >= 15 is 0 Å². The highest BCUT2D eigenvalue weighted by Gasteiger charge is 2.23. The topological polar surface area (TPSA) is 59.2 Å². The van der Waals surface area contributed by atoms with E-state index in [2.05, 4.69) is 10.1 Å². The van der Waals surface area contributed by atoms with Crippen LogP contribution >= 0.6 is 0 Å². The maximum absolute atomic E-state index is 12.5. The number of carbonyl (C=O) groups excluding carboxylic acids is 1. The average Bonchev–Trinajstić information content (AvgIpc) is 3.33. The lowest BCUT2D eigenvalue weighted by molar-refractivity contribution is 0.0724. The fraction of sp³-hybridized carbons (Fsp3) is 0.526. The number of nitrogens with zero attached hydrogens (tertiary/aromatic N) is 3. The number of likely N-dealkylation sites (tertiary alicyclic amines) is 1. The summed E-state index contributed by atoms with van der Waals surface area (Å²) in [5.74, 6) is 1.93. The number of rotatable bonds is 3. The van der Waals surface area contributed by atoms with Gasteiger partial charge in [0.15, 0.2) is 0 Å². The lowest BCUT2D eigenvalue weighted by atomic mass is 10.1. The molecule has 0 atom stereocenters. The zero-order chi connectivity index (χ0) is 16.4. The van der Waals surface area contributed by atoms with Crippen molar-refractivity contribution in [1.29, 1.82) is 0 Å². The second-order valence-corrected chi connectivity index (χ2v) is 6.87. The van der Waals surface area contributed by atoms with Crippen molar-refractivity contribution in [3.05, 3.63) is 35.7 Å². The third-order valence-electron chi connectivity index (χ3n) is 5.18. The molecule has 4 rings (SSSR count). The van der Waals surface area contributed by atoms with E-state index in [-0.39, 0.29) is 5.91 Å². The summed E-state index contributed by atoms with van der Waals surface area (Å²) in [5, 5.41) is 4.11. The molecule has 5 nitrogen and oxygen atoms in total. The van der Waals surface area contributed by atoms with Gasteiger partial charge >= 0.3 is 0 Å². The van der Waals surface area contributed by atoms with Crippen molar-refractivity contribution >= 4 is 5.91 Å². The van der Waals surface area contributed by atoms with E-state index in [4.69, 9.17) is 4.52 Å². The quantitative estimate of drug-likeness (QED) is 0.855. The van der Waals surface area contributed by atoms with Gasteiger partial charge in [-0.1, -0.05) is 30.1 Å². The van der Waals surface area contributed by atoms with E-state index in [0.29, 0.717) is 11.7 Å². The highest BCUT2D eigenvalue weighted by atomic mass is 16.5. The molecule has 2 heterocycles. The second-order valence-electron chi connectivity index (χ2n) is 6.87. The number of benzene rings is 1. The van der Waals surface area contributed by atoms with Gasteiger partial charge in [0.1, 0.15) is 0 Å². The number of amides is 1. The first-order chi connectivity index (χ1) is 11.8. The molecule has 0 bridgehead atoms. The van der Waals surface area contributed by atoms with Crippen LogP contribution in [-0.4, -0.2) is 34.0 Å². The fourth-order valence-electron chi connectivity index (χ4n) is 3.73. The Balaban J connectivity index is 1.48. The predicted octanol–water partition coefficient (Wildman–Crippen LogP) is 4.02. The Labute approximate surface area is 142 Å². The highest BCUT2D eigenvalue weighted by Crippen LogP contribution is 2.33. The molecule has 0 radical (unpaired) electrons. The number of carbonyl (C=O) groups is 1. The van der Waals surface area contributed by atoms with Gasteiger partial charge in [-0.15, -0.1) is 0 Å². The summed E-state index contributed by atoms with van der Waals surface area (Å²) in [5.41, 5.74) is 1.64. The van der Waals surface area contributed by atoms with Gasteiger partial charge in [0, 0.05) is 30.1 Å². The van der Waals surface area contributed by atoms with Crippen LogP contribution in [-0.2, 0) is 0 Å². The van der Waals surface area contributed by atoms with Gasteiger partial charge < -0.3 is 9.42 Å². The Morgan fingerprint density at radius 3 is 2.42 bits per heavy atom. The summed E-state index contributed by atoms with van der Waals surface area (Å²) in [7, 11) is 0. The molecule has 2 aromatic rings. The van der Waals surface area contributed by atoms with Gasteiger partial charge in [0.05, 0.1) is 0 Å². The Hall–Kier alpha value is -2.17. The summed E-state index contributed by atoms with van der Waals surface area (Å²) in [6.07, 6.45) is 8.22. The molecule has 0 N–H and O–H groups in total. The van der Waals surface area contributed by atoms with E-state index < -0.39 is 0 Å². The van der Waals surface area contributed by atoms with E-state index in [1.54, 1.807) is 0 Å². The zero-order valence-electron chi connectivity index (χ0n) is 13.9. The standard InChI is InChI=1S/C19H23N3O2/c23-19(22-12-4-1-5-13-22)16-10-8-14(9-11-16)17-20-18(24-21-17)15-6-2-3-7-15/h8-11,15H,1-7,12-13H2. The van der Waals surface area contributed by atoms with Crippen molar-refractivity contribution in [1.82, 2.24) is 15.0 Å². The minimum Gasteiger partial charge on any atom is -0.339 e. The van der Waals surface area contributed by atoms with Crippen LogP contribution in [0.25, 0.3) is 11.4 Å². The third-order valence-corrected chi connectivity index (χ3v) is 5.18. The molecule has 2 aliphatic rings. The summed E-state index contributed by atoms with van der Waals surface area (Å²) in [6.45, 7) is 1.74. The fourth-order valence-corrected chi connectivity index (χ4v) is 3.73. The third kappa shape index (κ3) is 3.07. The maximum Gasteiger partial charge on any atom is 0.253 e. The largest absolute Gasteiger partial charge is 0.339 e. The van der Waals surface area contributed by atoms with E-state index in [0.717, 1.165) is 55.8 Å². The SMILES string of the molecule is O=C(c1ccc(-c2noc(C3CCCC3)n2)cc1)N1CCCCC1. The molecule has 1 aliphatic carbocycles. The molecule has 0 unspecified atom stereocenters. The molecule has 1 saturated carbocycles. The number of hydrogen-bond donors (Lipinski definition) is 0. The van der Waals surface area contributed by atoms with Gasteiger partial charge in [0.2, 0.25) is 11.7 Å². The molecule has 1 aromatic carbocycles. The molecule has 24 heavy (non-hydrogen) atoms. The van der Waals surface area contributed by atoms with Gasteiger partial charge in [-0.3, -0.25) is 4.79 Å². The van der Waals surface area contributed by atoms with Crippen molar-refractivity contribution in [2.75, 3.05) is 13.1 Å². The minimum atomic E-state index is 0.126. The lowest BCUT2D eigenvalue weighted by Crippen LogP contribution is -2.35. The van der Waals surface area contributed by atoms with Crippen molar-refractivity contribution in [3.8, 4) is 11.4 Å². The monoisotopic (exact) mass is 325 g/mol. The molecule has 1 saturated heterocycles. The minimum absolute atomic E-state index is 0.126. The first kappa shape index (κ1) is 15.4. The molecule has 5 heteroatoms. The lowest BCUT2D eigenvalue weighted by Gasteiger charge is -2.26. The van der Waals surface area contributed by atoms with Gasteiger partial charge in [-0.2, -0.15) is 4.98 Å². The molecule has 0 spiro atoms. The maximum atomic E-state index is 12.5. The molecule has 1 aromatic heterocycles. The molecular weight excluding hydrogens is 302 g/mol. The number of aromatic nitrogens is 2. The van der Waals surface area contributed by atoms with Crippen LogP contribution in [0, 0.1) is 0 Å². The van der Waals surface area contributed by atoms with E-state index in [1.807, 2.05) is 29.2 Å². The van der Waals surface area contributed by atoms with Crippen molar-refractivity contribution in [2.45, 2.75) is 50.9 Å². The van der Waals surface area contributed by atoms with Gasteiger partial charge in [0.25, 0.3) is 5.91 Å². The molecule has 126 valence electrons. The second kappa shape index (κ2) is 6.75. The zero-order valence-corrected chi connectivity index (χ0v) is 13.9. The van der Waals surface area contributed by atoms with Crippen LogP contribution in [0.2, 0.25) is 0 Å². The van der Waals surface area contributed by atoms with Crippen LogP contribution in [0.15, 0.2) is 28.8 Å². The summed E-state index contributed by atoms with van der Waals surface area (Å²) in [6, 6.07) is 7.58. The summed E-state index contributed by atoms with van der Waals surface area (Å²) >= 11 is 0. The van der Waals surface area contributed by atoms with Crippen molar-refractivity contribution in [3.63, 3.8) is 0 Å². The Kier molecular flexibility index (Phi) is 4.32. The van der Waals surface area contributed by atoms with E-state index in [9.17, 15) is 4.79 Å². The molecule has 1 amide bonds. The Bertz CT molecular complexity index is 696. The van der Waals surface area contributed by atoms with Crippen molar-refractivity contribution < 1.29 is 9.32 Å². The van der Waals surface area contributed by atoms with E-state index in [1.165, 1.54) is 19.3 Å². The predicted molar refractivity (Wildman–Crippen MR) is 90.7 cm³/mol. The van der Waals surface area contributed by atoms with Gasteiger partial charge in [-0.25, -0.2) is 0 Å². The average molecular weight is 325 g/mol. The Morgan fingerprint density at radius 2 is 1.71 bits per heavy atom. The van der Waals surface area contributed by atoms with Crippen molar-refractivity contribution in [2.24, 2.45) is 0 Å². The van der Waals surface area contributed by atoms with Crippen LogP contribution in [0.1, 0.15) is 67.1 Å². The van der Waals surface area contributed by atoms with Crippen LogP contribution in [0.5, 0.6) is 0 Å². The van der Waals surface area contributed by atoms with Gasteiger partial charge in [-0.05, 0) is 44.2 Å². The normalized spacial score (nSPS) is 18.9. The van der Waals surface area contributed by atoms with Crippen LogP contribution in [0.3, 0.4) is 0 Å². The van der Waals surface area contributed by atoms with Crippen LogP contribution in [0.4, 0.5) is 0 Å². The Morgan fingerprint density at radius 1 is 1.00 bits per heavy atom. The van der Waals surface area contributed by atoms with Crippen LogP contribution < -0.4 is 0 Å². The summed E-state index contributed by atoms with van der Waals surface area (Å²) < 4.78 is 5.44. The first-order valence-corrected chi connectivity index (χ1v) is 9.04.